The van der Waals surface area contributed by atoms with E-state index in [1.165, 1.54) is 6.42 Å². The summed E-state index contributed by atoms with van der Waals surface area (Å²) in [5.41, 5.74) is 0.656. The minimum atomic E-state index is -0.997. The molecule has 1 fully saturated rings. The van der Waals surface area contributed by atoms with Crippen LogP contribution in [0, 0.1) is 5.92 Å². The van der Waals surface area contributed by atoms with E-state index < -0.39 is 5.54 Å². The lowest BCUT2D eigenvalue weighted by Gasteiger charge is -2.44. The van der Waals surface area contributed by atoms with Gasteiger partial charge in [0.15, 0.2) is 5.82 Å². The van der Waals surface area contributed by atoms with Gasteiger partial charge in [-0.3, -0.25) is 9.59 Å². The summed E-state index contributed by atoms with van der Waals surface area (Å²) >= 11 is 0. The Balaban J connectivity index is 1.70. The summed E-state index contributed by atoms with van der Waals surface area (Å²) in [7, 11) is 1.60. The van der Waals surface area contributed by atoms with Gasteiger partial charge in [-0.05, 0) is 37.8 Å². The highest BCUT2D eigenvalue weighted by atomic mass is 16.5. The Kier molecular flexibility index (Phi) is 5.34. The van der Waals surface area contributed by atoms with E-state index in [2.05, 4.69) is 17.2 Å². The molecule has 1 aliphatic carbocycles. The van der Waals surface area contributed by atoms with Gasteiger partial charge in [-0.25, -0.2) is 4.98 Å². The van der Waals surface area contributed by atoms with Crippen molar-refractivity contribution < 1.29 is 14.3 Å². The summed E-state index contributed by atoms with van der Waals surface area (Å²) in [6, 6.07) is 7.85. The first-order chi connectivity index (χ1) is 14.0. The highest BCUT2D eigenvalue weighted by Gasteiger charge is 2.48. The van der Waals surface area contributed by atoms with Crippen LogP contribution in [0.25, 0.3) is 11.0 Å². The van der Waals surface area contributed by atoms with Gasteiger partial charge in [0, 0.05) is 19.7 Å². The Morgan fingerprint density at radius 2 is 2.07 bits per heavy atom. The maximum atomic E-state index is 13.5. The fourth-order valence-electron chi connectivity index (χ4n) is 4.72. The summed E-state index contributed by atoms with van der Waals surface area (Å²) < 4.78 is 7.12. The van der Waals surface area contributed by atoms with Crippen LogP contribution < -0.4 is 5.32 Å². The lowest BCUT2D eigenvalue weighted by Crippen LogP contribution is -2.66. The van der Waals surface area contributed by atoms with Gasteiger partial charge in [-0.1, -0.05) is 31.9 Å². The molecule has 1 aromatic carbocycles. The molecule has 156 valence electrons. The largest absolute Gasteiger partial charge is 0.383 e. The molecule has 7 heteroatoms. The second-order valence-corrected chi connectivity index (χ2v) is 8.58. The molecule has 2 aromatic rings. The van der Waals surface area contributed by atoms with E-state index in [0.29, 0.717) is 31.4 Å². The molecule has 2 heterocycles. The lowest BCUT2D eigenvalue weighted by molar-refractivity contribution is -0.134. The van der Waals surface area contributed by atoms with Gasteiger partial charge in [0.05, 0.1) is 24.2 Å². The molecule has 0 spiro atoms. The SMILES string of the molecule is COCCN1C(=O)c2nc3ccccc3n2C[C@]1(C)C(=O)N[C@H]1CCCC[C@@H]1C. The second-order valence-electron chi connectivity index (χ2n) is 8.58. The smallest absolute Gasteiger partial charge is 0.290 e. The fraction of sp³-hybridized carbons (Fsp3) is 0.591. The van der Waals surface area contributed by atoms with Crippen LogP contribution in [0.5, 0.6) is 0 Å². The standard InChI is InChI=1S/C22H30N4O3/c1-15-8-4-5-9-16(15)24-21(28)22(2)14-25-18-11-7-6-10-17(18)23-19(25)20(27)26(22)12-13-29-3/h6-7,10-11,15-16H,4-5,8-9,12-14H2,1-3H3,(H,24,28)/t15-,16-,22+/m0/s1. The zero-order valence-corrected chi connectivity index (χ0v) is 17.5. The van der Waals surface area contributed by atoms with Crippen LogP contribution in [-0.4, -0.2) is 58.1 Å². The number of carbonyl (C=O) groups excluding carboxylic acids is 2. The number of aromatic nitrogens is 2. The number of rotatable bonds is 5. The zero-order valence-electron chi connectivity index (χ0n) is 17.5. The minimum Gasteiger partial charge on any atom is -0.383 e. The predicted octanol–water partition coefficient (Wildman–Crippen LogP) is 2.59. The number of carbonyl (C=O) groups is 2. The van der Waals surface area contributed by atoms with Crippen LogP contribution in [0.1, 0.15) is 50.1 Å². The first-order valence-electron chi connectivity index (χ1n) is 10.5. The number of nitrogens with zero attached hydrogens (tertiary/aromatic N) is 3. The molecule has 29 heavy (non-hydrogen) atoms. The van der Waals surface area contributed by atoms with E-state index in [9.17, 15) is 9.59 Å². The number of benzene rings is 1. The molecule has 0 radical (unpaired) electrons. The van der Waals surface area contributed by atoms with Gasteiger partial charge in [-0.15, -0.1) is 0 Å². The van der Waals surface area contributed by atoms with Gasteiger partial charge < -0.3 is 19.5 Å². The summed E-state index contributed by atoms with van der Waals surface area (Å²) in [6.45, 7) is 5.16. The molecule has 1 N–H and O–H groups in total. The number of fused-ring (bicyclic) bond motifs is 3. The molecule has 2 aliphatic rings. The molecule has 3 atom stereocenters. The molecule has 7 nitrogen and oxygen atoms in total. The maximum absolute atomic E-state index is 13.5. The van der Waals surface area contributed by atoms with Gasteiger partial charge in [0.25, 0.3) is 5.91 Å². The Hall–Kier alpha value is -2.41. The third kappa shape index (κ3) is 3.41. The molecular weight excluding hydrogens is 368 g/mol. The quantitative estimate of drug-likeness (QED) is 0.840. The number of para-hydroxylation sites is 2. The number of nitrogens with one attached hydrogen (secondary N) is 1. The van der Waals surface area contributed by atoms with Crippen LogP contribution in [0.15, 0.2) is 24.3 Å². The molecule has 1 aromatic heterocycles. The first-order valence-corrected chi connectivity index (χ1v) is 10.5. The maximum Gasteiger partial charge on any atom is 0.290 e. The average molecular weight is 399 g/mol. The Labute approximate surface area is 171 Å². The minimum absolute atomic E-state index is 0.0934. The summed E-state index contributed by atoms with van der Waals surface area (Å²) in [5, 5.41) is 3.27. The Morgan fingerprint density at radius 1 is 1.31 bits per heavy atom. The van der Waals surface area contributed by atoms with Crippen molar-refractivity contribution in [3.05, 3.63) is 30.1 Å². The third-order valence-electron chi connectivity index (χ3n) is 6.59. The van der Waals surface area contributed by atoms with Crippen molar-refractivity contribution in [2.75, 3.05) is 20.3 Å². The van der Waals surface area contributed by atoms with E-state index in [1.807, 2.05) is 35.8 Å². The second kappa shape index (κ2) is 7.78. The number of ether oxygens (including phenoxy) is 1. The Bertz CT molecular complexity index is 924. The van der Waals surface area contributed by atoms with E-state index in [4.69, 9.17) is 4.74 Å². The van der Waals surface area contributed by atoms with Crippen molar-refractivity contribution in [1.82, 2.24) is 19.8 Å². The molecule has 0 unspecified atom stereocenters. The summed E-state index contributed by atoms with van der Waals surface area (Å²) in [6.07, 6.45) is 4.47. The average Bonchev–Trinajstić information content (AvgIpc) is 3.08. The molecule has 1 saturated carbocycles. The molecule has 4 rings (SSSR count). The zero-order chi connectivity index (χ0) is 20.6. The molecular formula is C22H30N4O3. The normalized spacial score (nSPS) is 27.1. The van der Waals surface area contributed by atoms with Crippen LogP contribution >= 0.6 is 0 Å². The van der Waals surface area contributed by atoms with E-state index in [0.717, 1.165) is 30.3 Å². The van der Waals surface area contributed by atoms with Crippen LogP contribution in [-0.2, 0) is 16.1 Å². The van der Waals surface area contributed by atoms with Crippen molar-refractivity contribution in [3.63, 3.8) is 0 Å². The number of amides is 2. The molecule has 0 saturated heterocycles. The van der Waals surface area contributed by atoms with Crippen LogP contribution in [0.3, 0.4) is 0 Å². The van der Waals surface area contributed by atoms with Crippen LogP contribution in [0.2, 0.25) is 0 Å². The summed E-state index contributed by atoms with van der Waals surface area (Å²) in [5.74, 6) is 0.522. The van der Waals surface area contributed by atoms with Gasteiger partial charge in [0.2, 0.25) is 5.91 Å². The lowest BCUT2D eigenvalue weighted by atomic mass is 9.85. The van der Waals surface area contributed by atoms with Gasteiger partial charge in [0.1, 0.15) is 5.54 Å². The van der Waals surface area contributed by atoms with Crippen molar-refractivity contribution in [2.24, 2.45) is 5.92 Å². The Morgan fingerprint density at radius 3 is 2.83 bits per heavy atom. The third-order valence-corrected chi connectivity index (χ3v) is 6.59. The van der Waals surface area contributed by atoms with E-state index in [-0.39, 0.29) is 17.9 Å². The highest BCUT2D eigenvalue weighted by Crippen LogP contribution is 2.31. The molecule has 1 aliphatic heterocycles. The predicted molar refractivity (Wildman–Crippen MR) is 111 cm³/mol. The molecule has 2 amide bonds. The monoisotopic (exact) mass is 398 g/mol. The van der Waals surface area contributed by atoms with E-state index in [1.54, 1.807) is 12.0 Å². The summed E-state index contributed by atoms with van der Waals surface area (Å²) in [4.78, 5) is 33.1. The van der Waals surface area contributed by atoms with Crippen molar-refractivity contribution in [3.8, 4) is 0 Å². The fourth-order valence-corrected chi connectivity index (χ4v) is 4.72. The topological polar surface area (TPSA) is 76.5 Å². The number of imidazole rings is 1. The van der Waals surface area contributed by atoms with Crippen molar-refractivity contribution in [1.29, 1.82) is 0 Å². The highest BCUT2D eigenvalue weighted by molar-refractivity contribution is 6.01. The first kappa shape index (κ1) is 19.9. The van der Waals surface area contributed by atoms with Gasteiger partial charge in [-0.2, -0.15) is 0 Å². The number of hydrogen-bond acceptors (Lipinski definition) is 4. The number of methoxy groups -OCH3 is 1. The van der Waals surface area contributed by atoms with E-state index >= 15 is 0 Å². The van der Waals surface area contributed by atoms with Crippen molar-refractivity contribution >= 4 is 22.8 Å². The van der Waals surface area contributed by atoms with Crippen LogP contribution in [0.4, 0.5) is 0 Å². The number of hydrogen-bond donors (Lipinski definition) is 1. The van der Waals surface area contributed by atoms with Gasteiger partial charge >= 0.3 is 0 Å². The van der Waals surface area contributed by atoms with Crippen molar-refractivity contribution in [2.45, 2.75) is 57.7 Å². The molecule has 0 bridgehead atoms.